The Morgan fingerprint density at radius 3 is 2.54 bits per heavy atom. The van der Waals surface area contributed by atoms with Crippen molar-refractivity contribution in [2.45, 2.75) is 13.1 Å². The zero-order chi connectivity index (χ0) is 17.5. The Balaban J connectivity index is 0.00000243. The third-order valence-electron chi connectivity index (χ3n) is 3.67. The lowest BCUT2D eigenvalue weighted by Crippen LogP contribution is -2.22. The molecular formula is C19H22IN5O. The van der Waals surface area contributed by atoms with E-state index in [9.17, 15) is 0 Å². The number of nitrogens with one attached hydrogen (secondary N) is 1. The highest BCUT2D eigenvalue weighted by Crippen LogP contribution is 2.14. The summed E-state index contributed by atoms with van der Waals surface area (Å²) in [7, 11) is 1.64. The average Bonchev–Trinajstić information content (AvgIpc) is 3.09. The summed E-state index contributed by atoms with van der Waals surface area (Å²) in [5.41, 5.74) is 9.02. The molecule has 1 aromatic heterocycles. The Morgan fingerprint density at radius 2 is 1.85 bits per heavy atom. The molecule has 0 saturated carbocycles. The number of anilines is 1. The van der Waals surface area contributed by atoms with Crippen molar-refractivity contribution in [1.29, 1.82) is 0 Å². The van der Waals surface area contributed by atoms with Crippen LogP contribution < -0.4 is 15.8 Å². The number of nitrogens with zero attached hydrogens (tertiary/aromatic N) is 3. The maximum atomic E-state index is 5.93. The number of benzene rings is 2. The lowest BCUT2D eigenvalue weighted by Gasteiger charge is -2.06. The molecule has 0 aliphatic rings. The summed E-state index contributed by atoms with van der Waals surface area (Å²) >= 11 is 0. The summed E-state index contributed by atoms with van der Waals surface area (Å²) in [5, 5.41) is 7.42. The lowest BCUT2D eigenvalue weighted by molar-refractivity contribution is 0.415. The van der Waals surface area contributed by atoms with Crippen molar-refractivity contribution in [2.24, 2.45) is 10.7 Å². The minimum Gasteiger partial charge on any atom is -0.497 e. The molecule has 0 saturated heterocycles. The van der Waals surface area contributed by atoms with Crippen molar-refractivity contribution in [2.75, 3.05) is 12.4 Å². The zero-order valence-corrected chi connectivity index (χ0v) is 16.8. The standard InChI is InChI=1S/C19H21N5O.HI/c1-25-18-9-7-17(8-10-18)23-19(20)21-11-16-12-22-24(14-16)13-15-5-3-2-4-6-15;/h2-10,12,14H,11,13H2,1H3,(H3,20,21,23);1H. The second-order valence-corrected chi connectivity index (χ2v) is 5.59. The molecule has 3 N–H and O–H groups in total. The Morgan fingerprint density at radius 1 is 1.12 bits per heavy atom. The first-order valence-electron chi connectivity index (χ1n) is 7.99. The molecule has 0 amide bonds. The van der Waals surface area contributed by atoms with Crippen LogP contribution in [0.2, 0.25) is 0 Å². The molecular weight excluding hydrogens is 441 g/mol. The van der Waals surface area contributed by atoms with Gasteiger partial charge in [-0.1, -0.05) is 30.3 Å². The number of halogens is 1. The number of aliphatic imine (C=N–C) groups is 1. The molecule has 26 heavy (non-hydrogen) atoms. The van der Waals surface area contributed by atoms with Gasteiger partial charge in [-0.3, -0.25) is 4.68 Å². The van der Waals surface area contributed by atoms with Crippen LogP contribution in [0.15, 0.2) is 72.0 Å². The Bertz CT molecular complexity index is 831. The van der Waals surface area contributed by atoms with Gasteiger partial charge in [0.15, 0.2) is 5.96 Å². The number of nitrogens with two attached hydrogens (primary N) is 1. The highest BCUT2D eigenvalue weighted by Gasteiger charge is 2.01. The fourth-order valence-electron chi connectivity index (χ4n) is 2.38. The van der Waals surface area contributed by atoms with Gasteiger partial charge in [0.2, 0.25) is 0 Å². The molecule has 0 spiro atoms. The quantitative estimate of drug-likeness (QED) is 0.334. The van der Waals surface area contributed by atoms with Gasteiger partial charge in [0.05, 0.1) is 26.4 Å². The molecule has 6 nitrogen and oxygen atoms in total. The monoisotopic (exact) mass is 463 g/mol. The minimum atomic E-state index is 0. The molecule has 2 aromatic carbocycles. The number of methoxy groups -OCH3 is 1. The SMILES string of the molecule is COc1ccc(NC(N)=NCc2cnn(Cc3ccccc3)c2)cc1.I. The molecule has 0 radical (unpaired) electrons. The molecule has 136 valence electrons. The van der Waals surface area contributed by atoms with Crippen molar-refractivity contribution in [3.05, 3.63) is 78.1 Å². The number of guanidine groups is 1. The zero-order valence-electron chi connectivity index (χ0n) is 14.5. The van der Waals surface area contributed by atoms with E-state index >= 15 is 0 Å². The van der Waals surface area contributed by atoms with Crippen molar-refractivity contribution in [3.63, 3.8) is 0 Å². The Hall–Kier alpha value is -2.55. The van der Waals surface area contributed by atoms with Gasteiger partial charge in [0.1, 0.15) is 5.75 Å². The third kappa shape index (κ3) is 5.76. The summed E-state index contributed by atoms with van der Waals surface area (Å²) in [6.45, 7) is 1.22. The van der Waals surface area contributed by atoms with E-state index in [1.54, 1.807) is 7.11 Å². The van der Waals surface area contributed by atoms with Crippen LogP contribution in [0.1, 0.15) is 11.1 Å². The first kappa shape index (κ1) is 19.8. The first-order chi connectivity index (χ1) is 12.2. The molecule has 0 atom stereocenters. The van der Waals surface area contributed by atoms with Crippen LogP contribution in [0, 0.1) is 0 Å². The van der Waals surface area contributed by atoms with E-state index in [1.807, 2.05) is 59.5 Å². The van der Waals surface area contributed by atoms with Gasteiger partial charge in [-0.2, -0.15) is 5.10 Å². The predicted octanol–water partition coefficient (Wildman–Crippen LogP) is 3.48. The van der Waals surface area contributed by atoms with Crippen LogP contribution in [-0.2, 0) is 13.1 Å². The van der Waals surface area contributed by atoms with Crippen LogP contribution in [0.4, 0.5) is 5.69 Å². The maximum absolute atomic E-state index is 5.93. The van der Waals surface area contributed by atoms with Crippen LogP contribution in [0.25, 0.3) is 0 Å². The van der Waals surface area contributed by atoms with Crippen molar-refractivity contribution in [1.82, 2.24) is 9.78 Å². The molecule has 0 aliphatic carbocycles. The predicted molar refractivity (Wildman–Crippen MR) is 115 cm³/mol. The summed E-state index contributed by atoms with van der Waals surface area (Å²) in [4.78, 5) is 4.35. The normalized spacial score (nSPS) is 10.9. The molecule has 0 bridgehead atoms. The second kappa shape index (κ2) is 9.81. The third-order valence-corrected chi connectivity index (χ3v) is 3.67. The molecule has 3 aromatic rings. The molecule has 0 fully saturated rings. The molecule has 7 heteroatoms. The number of hydrogen-bond donors (Lipinski definition) is 2. The summed E-state index contributed by atoms with van der Waals surface area (Å²) in [6.07, 6.45) is 3.80. The van der Waals surface area contributed by atoms with E-state index in [2.05, 4.69) is 27.5 Å². The van der Waals surface area contributed by atoms with E-state index in [1.165, 1.54) is 5.56 Å². The van der Waals surface area contributed by atoms with Crippen LogP contribution in [0.5, 0.6) is 5.75 Å². The van der Waals surface area contributed by atoms with Gasteiger partial charge in [0.25, 0.3) is 0 Å². The average molecular weight is 463 g/mol. The Kier molecular flexibility index (Phi) is 7.46. The maximum Gasteiger partial charge on any atom is 0.193 e. The smallest absolute Gasteiger partial charge is 0.193 e. The van der Waals surface area contributed by atoms with Gasteiger partial charge in [0, 0.05) is 17.4 Å². The molecule has 0 unspecified atom stereocenters. The van der Waals surface area contributed by atoms with Crippen molar-refractivity contribution >= 4 is 35.6 Å². The fourth-order valence-corrected chi connectivity index (χ4v) is 2.38. The van der Waals surface area contributed by atoms with Gasteiger partial charge in [-0.05, 0) is 29.8 Å². The van der Waals surface area contributed by atoms with Crippen LogP contribution >= 0.6 is 24.0 Å². The van der Waals surface area contributed by atoms with Crippen LogP contribution in [-0.4, -0.2) is 22.8 Å². The summed E-state index contributed by atoms with van der Waals surface area (Å²) < 4.78 is 7.02. The Labute approximate surface area is 170 Å². The van der Waals surface area contributed by atoms with Gasteiger partial charge in [-0.25, -0.2) is 4.99 Å². The van der Waals surface area contributed by atoms with E-state index in [-0.39, 0.29) is 24.0 Å². The van der Waals surface area contributed by atoms with Crippen molar-refractivity contribution < 1.29 is 4.74 Å². The topological polar surface area (TPSA) is 77.5 Å². The first-order valence-corrected chi connectivity index (χ1v) is 7.99. The van der Waals surface area contributed by atoms with Gasteiger partial charge < -0.3 is 15.8 Å². The van der Waals surface area contributed by atoms with E-state index in [4.69, 9.17) is 10.5 Å². The van der Waals surface area contributed by atoms with E-state index in [0.29, 0.717) is 12.5 Å². The second-order valence-electron chi connectivity index (χ2n) is 5.59. The van der Waals surface area contributed by atoms with Crippen molar-refractivity contribution in [3.8, 4) is 5.75 Å². The molecule has 0 aliphatic heterocycles. The van der Waals surface area contributed by atoms with E-state index in [0.717, 1.165) is 23.5 Å². The molecule has 1 heterocycles. The highest BCUT2D eigenvalue weighted by atomic mass is 127. The highest BCUT2D eigenvalue weighted by molar-refractivity contribution is 14.0. The van der Waals surface area contributed by atoms with Gasteiger partial charge in [-0.15, -0.1) is 24.0 Å². The number of aromatic nitrogens is 2. The van der Waals surface area contributed by atoms with Gasteiger partial charge >= 0.3 is 0 Å². The summed E-state index contributed by atoms with van der Waals surface area (Å²) in [5.74, 6) is 1.16. The lowest BCUT2D eigenvalue weighted by atomic mass is 10.2. The number of ether oxygens (including phenoxy) is 1. The number of hydrogen-bond acceptors (Lipinski definition) is 3. The van der Waals surface area contributed by atoms with Crippen LogP contribution in [0.3, 0.4) is 0 Å². The van der Waals surface area contributed by atoms with E-state index < -0.39 is 0 Å². The number of rotatable bonds is 6. The minimum absolute atomic E-state index is 0. The largest absolute Gasteiger partial charge is 0.497 e. The molecule has 3 rings (SSSR count). The summed E-state index contributed by atoms with van der Waals surface area (Å²) in [6, 6.07) is 17.7. The fraction of sp³-hybridized carbons (Fsp3) is 0.158.